The minimum atomic E-state index is -4.91. The molecule has 0 bridgehead atoms. The van der Waals surface area contributed by atoms with Crippen LogP contribution in [0, 0.1) is 5.92 Å². The zero-order chi connectivity index (χ0) is 28.3. The molecule has 3 N–H and O–H groups in total. The second-order valence-electron chi connectivity index (χ2n) is 8.84. The monoisotopic (exact) mass is 560 g/mol. The SMILES string of the molecule is CCC(N)(c1cccnc1-c1nc(C(F)(F)F)c(C(=O)NCCc2cccc(OC(F)(F)F)c2)s1)C(C)C. The maximum Gasteiger partial charge on any atom is 0.573 e. The highest BCUT2D eigenvalue weighted by atomic mass is 32.1. The molecule has 0 aliphatic carbocycles. The Hall–Kier alpha value is -3.19. The summed E-state index contributed by atoms with van der Waals surface area (Å²) >= 11 is 0.549. The second-order valence-corrected chi connectivity index (χ2v) is 9.84. The molecule has 1 unspecified atom stereocenters. The van der Waals surface area contributed by atoms with Crippen molar-refractivity contribution in [2.75, 3.05) is 6.54 Å². The first-order chi connectivity index (χ1) is 17.7. The van der Waals surface area contributed by atoms with Crippen molar-refractivity contribution in [1.82, 2.24) is 15.3 Å². The maximum atomic E-state index is 13.8. The first-order valence-electron chi connectivity index (χ1n) is 11.6. The van der Waals surface area contributed by atoms with E-state index in [0.29, 0.717) is 28.9 Å². The largest absolute Gasteiger partial charge is 0.573 e. The van der Waals surface area contributed by atoms with E-state index in [1.54, 1.807) is 12.1 Å². The first-order valence-corrected chi connectivity index (χ1v) is 12.4. The van der Waals surface area contributed by atoms with Crippen LogP contribution in [0.5, 0.6) is 5.75 Å². The number of hydrogen-bond donors (Lipinski definition) is 2. The number of aromatic nitrogens is 2. The number of ether oxygens (including phenoxy) is 1. The van der Waals surface area contributed by atoms with Crippen molar-refractivity contribution < 1.29 is 35.9 Å². The molecule has 38 heavy (non-hydrogen) atoms. The number of nitrogens with one attached hydrogen (secondary N) is 1. The van der Waals surface area contributed by atoms with Gasteiger partial charge in [0, 0.05) is 23.8 Å². The summed E-state index contributed by atoms with van der Waals surface area (Å²) in [7, 11) is 0. The van der Waals surface area contributed by atoms with Crippen LogP contribution >= 0.6 is 11.3 Å². The summed E-state index contributed by atoms with van der Waals surface area (Å²) in [5, 5.41) is 2.29. The smallest absolute Gasteiger partial charge is 0.406 e. The van der Waals surface area contributed by atoms with Crippen molar-refractivity contribution in [3.8, 4) is 16.5 Å². The Labute approximate surface area is 219 Å². The van der Waals surface area contributed by atoms with E-state index in [1.165, 1.54) is 18.3 Å². The molecule has 3 aromatic rings. The van der Waals surface area contributed by atoms with Crippen LogP contribution in [0.15, 0.2) is 42.6 Å². The van der Waals surface area contributed by atoms with E-state index < -0.39 is 40.3 Å². The number of amides is 1. The highest BCUT2D eigenvalue weighted by molar-refractivity contribution is 7.17. The Morgan fingerprint density at radius 3 is 2.45 bits per heavy atom. The van der Waals surface area contributed by atoms with Gasteiger partial charge in [0.15, 0.2) is 5.69 Å². The summed E-state index contributed by atoms with van der Waals surface area (Å²) in [6, 6.07) is 8.42. The zero-order valence-electron chi connectivity index (χ0n) is 20.7. The summed E-state index contributed by atoms with van der Waals surface area (Å²) in [5.74, 6) is -1.52. The molecule has 2 heterocycles. The van der Waals surface area contributed by atoms with Gasteiger partial charge in [-0.05, 0) is 42.5 Å². The Kier molecular flexibility index (Phi) is 8.72. The summed E-state index contributed by atoms with van der Waals surface area (Å²) < 4.78 is 82.7. The molecular weight excluding hydrogens is 534 g/mol. The number of thiazole rings is 1. The van der Waals surface area contributed by atoms with E-state index >= 15 is 0 Å². The van der Waals surface area contributed by atoms with Crippen LogP contribution in [0.4, 0.5) is 26.3 Å². The molecule has 1 amide bonds. The lowest BCUT2D eigenvalue weighted by atomic mass is 9.78. The van der Waals surface area contributed by atoms with Gasteiger partial charge in [0.2, 0.25) is 0 Å². The van der Waals surface area contributed by atoms with Gasteiger partial charge in [-0.2, -0.15) is 13.2 Å². The van der Waals surface area contributed by atoms with E-state index in [0.717, 1.165) is 12.1 Å². The van der Waals surface area contributed by atoms with Crippen LogP contribution in [0.1, 0.15) is 53.7 Å². The van der Waals surface area contributed by atoms with Gasteiger partial charge < -0.3 is 15.8 Å². The number of benzene rings is 1. The van der Waals surface area contributed by atoms with E-state index in [4.69, 9.17) is 5.73 Å². The Balaban J connectivity index is 1.87. The second kappa shape index (κ2) is 11.3. The van der Waals surface area contributed by atoms with E-state index in [9.17, 15) is 31.1 Å². The summed E-state index contributed by atoms with van der Waals surface area (Å²) in [6.45, 7) is 5.52. The van der Waals surface area contributed by atoms with Crippen molar-refractivity contribution >= 4 is 17.2 Å². The van der Waals surface area contributed by atoms with Crippen molar-refractivity contribution in [3.05, 3.63) is 64.3 Å². The molecule has 13 heteroatoms. The third-order valence-corrected chi connectivity index (χ3v) is 7.12. The fourth-order valence-corrected chi connectivity index (χ4v) is 4.94. The van der Waals surface area contributed by atoms with Crippen molar-refractivity contribution in [1.29, 1.82) is 0 Å². The number of carbonyl (C=O) groups is 1. The average Bonchev–Trinajstić information content (AvgIpc) is 3.29. The molecule has 0 radical (unpaired) electrons. The highest BCUT2D eigenvalue weighted by Crippen LogP contribution is 2.41. The van der Waals surface area contributed by atoms with Crippen LogP contribution in [-0.2, 0) is 18.1 Å². The molecular formula is C25H26F6N4O2S. The zero-order valence-corrected chi connectivity index (χ0v) is 21.5. The number of hydrogen-bond acceptors (Lipinski definition) is 6. The number of rotatable bonds is 9. The Morgan fingerprint density at radius 2 is 1.84 bits per heavy atom. The topological polar surface area (TPSA) is 90.1 Å². The van der Waals surface area contributed by atoms with Gasteiger partial charge in [0.1, 0.15) is 21.3 Å². The molecule has 0 aliphatic heterocycles. The minimum Gasteiger partial charge on any atom is -0.406 e. The lowest BCUT2D eigenvalue weighted by Crippen LogP contribution is -2.41. The molecule has 1 aromatic carbocycles. The fourth-order valence-electron chi connectivity index (χ4n) is 3.93. The summed E-state index contributed by atoms with van der Waals surface area (Å²) in [5.41, 5.74) is 5.46. The molecule has 0 saturated carbocycles. The first kappa shape index (κ1) is 29.4. The minimum absolute atomic E-state index is 0.0543. The van der Waals surface area contributed by atoms with E-state index in [2.05, 4.69) is 20.0 Å². The van der Waals surface area contributed by atoms with Gasteiger partial charge in [0.05, 0.1) is 0 Å². The molecule has 1 atom stereocenters. The lowest BCUT2D eigenvalue weighted by Gasteiger charge is -2.34. The molecule has 0 saturated heterocycles. The Morgan fingerprint density at radius 1 is 1.13 bits per heavy atom. The molecule has 0 aliphatic rings. The fraction of sp³-hybridized carbons (Fsp3) is 0.400. The number of halogens is 6. The molecule has 3 rings (SSSR count). The number of pyridine rings is 1. The maximum absolute atomic E-state index is 13.8. The quantitative estimate of drug-likeness (QED) is 0.299. The normalized spacial score (nSPS) is 13.9. The molecule has 2 aromatic heterocycles. The van der Waals surface area contributed by atoms with Crippen LogP contribution in [0.3, 0.4) is 0 Å². The van der Waals surface area contributed by atoms with Crippen LogP contribution in [-0.4, -0.2) is 28.8 Å². The highest BCUT2D eigenvalue weighted by Gasteiger charge is 2.41. The number of alkyl halides is 6. The summed E-state index contributed by atoms with van der Waals surface area (Å²) in [6.07, 6.45) is -7.82. The molecule has 206 valence electrons. The molecule has 0 spiro atoms. The van der Waals surface area contributed by atoms with Crippen molar-refractivity contribution in [3.63, 3.8) is 0 Å². The van der Waals surface area contributed by atoms with Crippen LogP contribution in [0.25, 0.3) is 10.7 Å². The van der Waals surface area contributed by atoms with Crippen molar-refractivity contribution in [2.45, 2.75) is 51.7 Å². The third-order valence-electron chi connectivity index (χ3n) is 6.06. The Bertz CT molecular complexity index is 1280. The van der Waals surface area contributed by atoms with Gasteiger partial charge in [-0.25, -0.2) is 4.98 Å². The standard InChI is InChI=1S/C25H26F6N4O2S/c1-4-23(32,14(2)3)17-9-6-11-33-18(17)22-35-20(24(26,27)28)19(38-22)21(36)34-12-10-15-7-5-8-16(13-15)37-25(29,30)31/h5-9,11,13-14H,4,10,12,32H2,1-3H3,(H,34,36). The van der Waals surface area contributed by atoms with Gasteiger partial charge in [0.25, 0.3) is 5.91 Å². The molecule has 6 nitrogen and oxygen atoms in total. The predicted octanol–water partition coefficient (Wildman–Crippen LogP) is 6.32. The number of carbonyl (C=O) groups excluding carboxylic acids is 1. The molecule has 0 fully saturated rings. The number of nitrogens with two attached hydrogens (primary N) is 1. The van der Waals surface area contributed by atoms with Gasteiger partial charge in [-0.1, -0.05) is 39.0 Å². The summed E-state index contributed by atoms with van der Waals surface area (Å²) in [4.78, 5) is 20.1. The van der Waals surface area contributed by atoms with Crippen LogP contribution in [0.2, 0.25) is 0 Å². The van der Waals surface area contributed by atoms with Gasteiger partial charge in [-0.15, -0.1) is 24.5 Å². The predicted molar refractivity (Wildman–Crippen MR) is 131 cm³/mol. The lowest BCUT2D eigenvalue weighted by molar-refractivity contribution is -0.274. The van der Waals surface area contributed by atoms with E-state index in [-0.39, 0.29) is 29.6 Å². The van der Waals surface area contributed by atoms with Gasteiger partial charge >= 0.3 is 12.5 Å². The van der Waals surface area contributed by atoms with Crippen molar-refractivity contribution in [2.24, 2.45) is 11.7 Å². The van der Waals surface area contributed by atoms with E-state index in [1.807, 2.05) is 20.8 Å². The average molecular weight is 561 g/mol. The van der Waals surface area contributed by atoms with Gasteiger partial charge in [-0.3, -0.25) is 9.78 Å². The third kappa shape index (κ3) is 6.81. The number of nitrogens with zero attached hydrogens (tertiary/aromatic N) is 2. The van der Waals surface area contributed by atoms with Crippen LogP contribution < -0.4 is 15.8 Å².